The van der Waals surface area contributed by atoms with E-state index in [2.05, 4.69) is 5.32 Å². The van der Waals surface area contributed by atoms with E-state index in [9.17, 15) is 9.59 Å². The van der Waals surface area contributed by atoms with Gasteiger partial charge in [0.15, 0.2) is 6.10 Å². The van der Waals surface area contributed by atoms with E-state index in [0.29, 0.717) is 45.9 Å². The molecule has 1 aliphatic rings. The first-order valence-corrected chi connectivity index (χ1v) is 11.2. The van der Waals surface area contributed by atoms with Crippen molar-refractivity contribution in [2.75, 3.05) is 23.4 Å². The largest absolute Gasteiger partial charge is 0.492 e. The van der Waals surface area contributed by atoms with Gasteiger partial charge in [-0.3, -0.25) is 9.59 Å². The molecule has 1 aliphatic heterocycles. The number of ether oxygens (including phenoxy) is 2. The Labute approximate surface area is 202 Å². The van der Waals surface area contributed by atoms with Crippen LogP contribution in [0.4, 0.5) is 11.4 Å². The molecule has 1 heterocycles. The molecule has 4 rings (SSSR count). The highest BCUT2D eigenvalue weighted by Crippen LogP contribution is 2.36. The van der Waals surface area contributed by atoms with Crippen molar-refractivity contribution in [3.63, 3.8) is 0 Å². The van der Waals surface area contributed by atoms with Crippen LogP contribution < -0.4 is 19.7 Å². The van der Waals surface area contributed by atoms with Crippen LogP contribution in [0, 0.1) is 6.92 Å². The maximum atomic E-state index is 12.7. The van der Waals surface area contributed by atoms with Crippen molar-refractivity contribution in [1.82, 2.24) is 0 Å². The van der Waals surface area contributed by atoms with Crippen LogP contribution in [0.5, 0.6) is 11.5 Å². The van der Waals surface area contributed by atoms with Gasteiger partial charge < -0.3 is 19.7 Å². The zero-order valence-corrected chi connectivity index (χ0v) is 19.6. The van der Waals surface area contributed by atoms with Gasteiger partial charge in [0.25, 0.3) is 11.8 Å². The summed E-state index contributed by atoms with van der Waals surface area (Å²) in [7, 11) is 0. The van der Waals surface area contributed by atoms with Gasteiger partial charge in [-0.15, -0.1) is 0 Å². The molecule has 1 unspecified atom stereocenters. The van der Waals surface area contributed by atoms with Crippen LogP contribution in [0.2, 0.25) is 10.0 Å². The second kappa shape index (κ2) is 9.73. The molecule has 8 heteroatoms. The number of fused-ring (bicyclic) bond motifs is 1. The van der Waals surface area contributed by atoms with Crippen LogP contribution in [0.15, 0.2) is 60.7 Å². The number of carbonyl (C=O) groups excluding carboxylic acids is 2. The van der Waals surface area contributed by atoms with Crippen LogP contribution in [0.1, 0.15) is 22.8 Å². The number of hydrogen-bond acceptors (Lipinski definition) is 4. The summed E-state index contributed by atoms with van der Waals surface area (Å²) in [4.78, 5) is 27.0. The van der Waals surface area contributed by atoms with Gasteiger partial charge in [-0.1, -0.05) is 35.3 Å². The summed E-state index contributed by atoms with van der Waals surface area (Å²) in [5, 5.41) is 3.49. The van der Waals surface area contributed by atoms with Gasteiger partial charge in [0, 0.05) is 17.3 Å². The molecule has 3 aromatic carbocycles. The monoisotopic (exact) mass is 484 g/mol. The Kier molecular flexibility index (Phi) is 6.77. The van der Waals surface area contributed by atoms with Crippen molar-refractivity contribution < 1.29 is 19.1 Å². The molecule has 1 N–H and O–H groups in total. The first kappa shape index (κ1) is 23.0. The third kappa shape index (κ3) is 5.24. The lowest BCUT2D eigenvalue weighted by Crippen LogP contribution is -2.46. The maximum Gasteiger partial charge on any atom is 0.267 e. The number of nitrogens with one attached hydrogen (secondary N) is 1. The summed E-state index contributed by atoms with van der Waals surface area (Å²) in [5.41, 5.74) is 2.63. The highest BCUT2D eigenvalue weighted by Gasteiger charge is 2.31. The number of anilines is 2. The van der Waals surface area contributed by atoms with E-state index in [1.165, 1.54) is 6.07 Å². The topological polar surface area (TPSA) is 67.9 Å². The number of nitrogens with zero attached hydrogens (tertiary/aromatic N) is 1. The number of halogens is 2. The Hall–Kier alpha value is -3.22. The third-order valence-corrected chi connectivity index (χ3v) is 5.92. The lowest BCUT2D eigenvalue weighted by atomic mass is 10.1. The SMILES string of the molecule is Cc1cccc(OCCN2C(=O)C(C)Oc3cc(NC(=O)c4ccc(Cl)c(Cl)c4)ccc32)c1. The van der Waals surface area contributed by atoms with Crippen LogP contribution >= 0.6 is 23.2 Å². The molecule has 0 aliphatic carbocycles. The van der Waals surface area contributed by atoms with E-state index in [-0.39, 0.29) is 11.8 Å². The average molecular weight is 485 g/mol. The molecule has 6 nitrogen and oxygen atoms in total. The van der Waals surface area contributed by atoms with Gasteiger partial charge in [-0.05, 0) is 61.9 Å². The molecule has 33 heavy (non-hydrogen) atoms. The first-order chi connectivity index (χ1) is 15.8. The van der Waals surface area contributed by atoms with E-state index >= 15 is 0 Å². The van der Waals surface area contributed by atoms with E-state index in [1.807, 2.05) is 31.2 Å². The fraction of sp³-hybridized carbons (Fsp3) is 0.200. The van der Waals surface area contributed by atoms with Crippen molar-refractivity contribution >= 4 is 46.4 Å². The van der Waals surface area contributed by atoms with Crippen molar-refractivity contribution in [1.29, 1.82) is 0 Å². The fourth-order valence-electron chi connectivity index (χ4n) is 3.52. The predicted octanol–water partition coefficient (Wildman–Crippen LogP) is 5.75. The fourth-order valence-corrected chi connectivity index (χ4v) is 3.82. The predicted molar refractivity (Wildman–Crippen MR) is 130 cm³/mol. The van der Waals surface area contributed by atoms with E-state index in [0.717, 1.165) is 11.3 Å². The van der Waals surface area contributed by atoms with Gasteiger partial charge in [0.05, 0.1) is 22.3 Å². The molecule has 0 saturated carbocycles. The van der Waals surface area contributed by atoms with Crippen LogP contribution in [0.3, 0.4) is 0 Å². The minimum Gasteiger partial charge on any atom is -0.492 e. The number of aryl methyl sites for hydroxylation is 1. The molecule has 170 valence electrons. The standard InChI is InChI=1S/C25H22Cl2N2O4/c1-15-4-3-5-19(12-15)32-11-10-29-22-9-7-18(14-23(22)33-16(2)25(29)31)28-24(30)17-6-8-20(26)21(27)13-17/h3-9,12-14,16H,10-11H2,1-2H3,(H,28,30). The Morgan fingerprint density at radius 1 is 1.09 bits per heavy atom. The van der Waals surface area contributed by atoms with E-state index in [1.54, 1.807) is 42.2 Å². The van der Waals surface area contributed by atoms with Gasteiger partial charge in [0.1, 0.15) is 18.1 Å². The second-order valence-corrected chi connectivity index (χ2v) is 8.49. The smallest absolute Gasteiger partial charge is 0.267 e. The first-order valence-electron chi connectivity index (χ1n) is 10.4. The highest BCUT2D eigenvalue weighted by atomic mass is 35.5. The van der Waals surface area contributed by atoms with E-state index in [4.69, 9.17) is 32.7 Å². The molecule has 2 amide bonds. The molecule has 0 saturated heterocycles. The Balaban J connectivity index is 1.48. The van der Waals surface area contributed by atoms with Crippen LogP contribution in [0.25, 0.3) is 0 Å². The number of hydrogen-bond donors (Lipinski definition) is 1. The van der Waals surface area contributed by atoms with Crippen molar-refractivity contribution in [3.8, 4) is 11.5 Å². The number of rotatable bonds is 6. The highest BCUT2D eigenvalue weighted by molar-refractivity contribution is 6.42. The number of amides is 2. The summed E-state index contributed by atoms with van der Waals surface area (Å²) in [6.07, 6.45) is -0.655. The molecular formula is C25H22Cl2N2O4. The molecule has 1 atom stereocenters. The maximum absolute atomic E-state index is 12.7. The van der Waals surface area contributed by atoms with Gasteiger partial charge in [-0.25, -0.2) is 0 Å². The zero-order chi connectivity index (χ0) is 23.5. The second-order valence-electron chi connectivity index (χ2n) is 7.68. The molecule has 0 radical (unpaired) electrons. The Morgan fingerprint density at radius 2 is 1.91 bits per heavy atom. The van der Waals surface area contributed by atoms with Crippen molar-refractivity contribution in [3.05, 3.63) is 81.8 Å². The Bertz CT molecular complexity index is 1210. The minimum atomic E-state index is -0.655. The quantitative estimate of drug-likeness (QED) is 0.483. The summed E-state index contributed by atoms with van der Waals surface area (Å²) in [6.45, 7) is 4.38. The lowest BCUT2D eigenvalue weighted by Gasteiger charge is -2.33. The molecule has 0 fully saturated rings. The zero-order valence-electron chi connectivity index (χ0n) is 18.1. The lowest BCUT2D eigenvalue weighted by molar-refractivity contribution is -0.125. The summed E-state index contributed by atoms with van der Waals surface area (Å²) >= 11 is 11.9. The normalized spacial score (nSPS) is 15.0. The molecule has 3 aromatic rings. The van der Waals surface area contributed by atoms with Gasteiger partial charge >= 0.3 is 0 Å². The Morgan fingerprint density at radius 3 is 2.67 bits per heavy atom. The summed E-state index contributed by atoms with van der Waals surface area (Å²) < 4.78 is 11.6. The molecular weight excluding hydrogens is 463 g/mol. The average Bonchev–Trinajstić information content (AvgIpc) is 2.78. The minimum absolute atomic E-state index is 0.150. The number of benzene rings is 3. The van der Waals surface area contributed by atoms with Gasteiger partial charge in [-0.2, -0.15) is 0 Å². The summed E-state index contributed by atoms with van der Waals surface area (Å²) in [5.74, 6) is 0.772. The van der Waals surface area contributed by atoms with E-state index < -0.39 is 6.10 Å². The molecule has 0 spiro atoms. The number of carbonyl (C=O) groups is 2. The van der Waals surface area contributed by atoms with Crippen molar-refractivity contribution in [2.45, 2.75) is 20.0 Å². The van der Waals surface area contributed by atoms with Crippen LogP contribution in [-0.4, -0.2) is 31.1 Å². The molecule has 0 aromatic heterocycles. The summed E-state index contributed by atoms with van der Waals surface area (Å²) in [6, 6.07) is 17.6. The molecule has 0 bridgehead atoms. The van der Waals surface area contributed by atoms with Crippen LogP contribution in [-0.2, 0) is 4.79 Å². The third-order valence-electron chi connectivity index (χ3n) is 5.18. The van der Waals surface area contributed by atoms with Gasteiger partial charge in [0.2, 0.25) is 0 Å². The van der Waals surface area contributed by atoms with Crippen molar-refractivity contribution in [2.24, 2.45) is 0 Å².